The molecule has 0 spiro atoms. The van der Waals surface area contributed by atoms with E-state index >= 15 is 0 Å². The van der Waals surface area contributed by atoms with Gasteiger partial charge in [-0.2, -0.15) is 0 Å². The van der Waals surface area contributed by atoms with Gasteiger partial charge in [0, 0.05) is 18.8 Å². The van der Waals surface area contributed by atoms with Gasteiger partial charge in [-0.3, -0.25) is 0 Å². The fraction of sp³-hybridized carbons (Fsp3) is 0.600. The maximum absolute atomic E-state index is 2.53. The van der Waals surface area contributed by atoms with Crippen molar-refractivity contribution in [3.63, 3.8) is 0 Å². The first-order chi connectivity index (χ1) is 7.70. The largest absolute Gasteiger partial charge is 0.371 e. The first-order valence-electron chi connectivity index (χ1n) is 6.51. The zero-order valence-electron chi connectivity index (χ0n) is 11.2. The standard InChI is InChI=1S/C15H25N/c1-5-7-12-16(11-6-2)15-10-8-9-13(3)14(15)4/h8-10H,5-7,11-12H2,1-4H3. The molecule has 0 bridgehead atoms. The molecule has 0 N–H and O–H groups in total. The molecule has 0 saturated heterocycles. The molecule has 0 aromatic heterocycles. The molecule has 16 heavy (non-hydrogen) atoms. The molecule has 0 unspecified atom stereocenters. The fourth-order valence-corrected chi connectivity index (χ4v) is 2.05. The van der Waals surface area contributed by atoms with Crippen LogP contribution in [0.2, 0.25) is 0 Å². The molecule has 0 saturated carbocycles. The Morgan fingerprint density at radius 1 is 1.00 bits per heavy atom. The molecule has 0 atom stereocenters. The highest BCUT2D eigenvalue weighted by molar-refractivity contribution is 5.55. The average molecular weight is 219 g/mol. The number of hydrogen-bond donors (Lipinski definition) is 0. The van der Waals surface area contributed by atoms with E-state index in [9.17, 15) is 0 Å². The minimum atomic E-state index is 1.17. The number of nitrogens with zero attached hydrogens (tertiary/aromatic N) is 1. The van der Waals surface area contributed by atoms with Crippen LogP contribution in [0.5, 0.6) is 0 Å². The minimum Gasteiger partial charge on any atom is -0.371 e. The van der Waals surface area contributed by atoms with Gasteiger partial charge in [0.1, 0.15) is 0 Å². The van der Waals surface area contributed by atoms with E-state index in [2.05, 4.69) is 50.8 Å². The Hall–Kier alpha value is -0.980. The van der Waals surface area contributed by atoms with Crippen LogP contribution in [0.15, 0.2) is 18.2 Å². The Morgan fingerprint density at radius 3 is 2.38 bits per heavy atom. The summed E-state index contributed by atoms with van der Waals surface area (Å²) >= 11 is 0. The molecule has 0 fully saturated rings. The molecule has 0 radical (unpaired) electrons. The number of anilines is 1. The normalized spacial score (nSPS) is 10.5. The molecule has 0 amide bonds. The van der Waals surface area contributed by atoms with Gasteiger partial charge in [0.05, 0.1) is 0 Å². The average Bonchev–Trinajstić information content (AvgIpc) is 2.28. The summed E-state index contributed by atoms with van der Waals surface area (Å²) in [6.07, 6.45) is 3.77. The van der Waals surface area contributed by atoms with Crippen LogP contribution in [0, 0.1) is 13.8 Å². The van der Waals surface area contributed by atoms with Gasteiger partial charge >= 0.3 is 0 Å². The zero-order chi connectivity index (χ0) is 12.0. The monoisotopic (exact) mass is 219 g/mol. The molecule has 0 aliphatic carbocycles. The van der Waals surface area contributed by atoms with Gasteiger partial charge in [-0.15, -0.1) is 0 Å². The van der Waals surface area contributed by atoms with Crippen LogP contribution in [0.25, 0.3) is 0 Å². The van der Waals surface area contributed by atoms with Crippen molar-refractivity contribution in [2.75, 3.05) is 18.0 Å². The van der Waals surface area contributed by atoms with Gasteiger partial charge in [-0.25, -0.2) is 0 Å². The zero-order valence-corrected chi connectivity index (χ0v) is 11.2. The van der Waals surface area contributed by atoms with E-state index in [-0.39, 0.29) is 0 Å². The number of rotatable bonds is 6. The predicted octanol–water partition coefficient (Wildman–Crippen LogP) is 4.32. The molecule has 1 rings (SSSR count). The van der Waals surface area contributed by atoms with Crippen LogP contribution in [0.4, 0.5) is 5.69 Å². The highest BCUT2D eigenvalue weighted by atomic mass is 15.1. The lowest BCUT2D eigenvalue weighted by Crippen LogP contribution is -2.26. The van der Waals surface area contributed by atoms with E-state index in [4.69, 9.17) is 0 Å². The van der Waals surface area contributed by atoms with E-state index in [1.165, 1.54) is 49.2 Å². The molecular formula is C15H25N. The molecule has 90 valence electrons. The number of unbranched alkanes of at least 4 members (excludes halogenated alkanes) is 1. The quantitative estimate of drug-likeness (QED) is 0.688. The van der Waals surface area contributed by atoms with Gasteiger partial charge in [-0.05, 0) is 43.9 Å². The highest BCUT2D eigenvalue weighted by Gasteiger charge is 2.08. The lowest BCUT2D eigenvalue weighted by atomic mass is 10.1. The highest BCUT2D eigenvalue weighted by Crippen LogP contribution is 2.23. The number of benzene rings is 1. The summed E-state index contributed by atoms with van der Waals surface area (Å²) < 4.78 is 0. The summed E-state index contributed by atoms with van der Waals surface area (Å²) in [6.45, 7) is 11.3. The molecule has 1 aromatic rings. The van der Waals surface area contributed by atoms with Crippen LogP contribution in [0.1, 0.15) is 44.2 Å². The third kappa shape index (κ3) is 3.26. The molecule has 0 aliphatic rings. The lowest BCUT2D eigenvalue weighted by Gasteiger charge is -2.26. The van der Waals surface area contributed by atoms with E-state index in [1.54, 1.807) is 0 Å². The summed E-state index contributed by atoms with van der Waals surface area (Å²) in [4.78, 5) is 2.53. The van der Waals surface area contributed by atoms with E-state index < -0.39 is 0 Å². The summed E-state index contributed by atoms with van der Waals surface area (Å²) in [5.41, 5.74) is 4.26. The van der Waals surface area contributed by atoms with Crippen molar-refractivity contribution >= 4 is 5.69 Å². The van der Waals surface area contributed by atoms with Crippen molar-refractivity contribution in [2.24, 2.45) is 0 Å². The molecule has 0 aliphatic heterocycles. The maximum atomic E-state index is 2.53. The first-order valence-corrected chi connectivity index (χ1v) is 6.51. The number of aryl methyl sites for hydroxylation is 1. The molecule has 1 nitrogen and oxygen atoms in total. The smallest absolute Gasteiger partial charge is 0.0398 e. The van der Waals surface area contributed by atoms with Crippen molar-refractivity contribution in [1.82, 2.24) is 0 Å². The Bertz CT molecular complexity index is 317. The van der Waals surface area contributed by atoms with Gasteiger partial charge in [0.2, 0.25) is 0 Å². The molecule has 0 heterocycles. The Kier molecular flexibility index (Phi) is 5.37. The van der Waals surface area contributed by atoms with E-state index in [0.717, 1.165) is 0 Å². The fourth-order valence-electron chi connectivity index (χ4n) is 2.05. The summed E-state index contributed by atoms with van der Waals surface area (Å²) in [5, 5.41) is 0. The minimum absolute atomic E-state index is 1.17. The van der Waals surface area contributed by atoms with Gasteiger partial charge in [0.15, 0.2) is 0 Å². The molecular weight excluding hydrogens is 194 g/mol. The second kappa shape index (κ2) is 6.57. The topological polar surface area (TPSA) is 3.24 Å². The second-order valence-corrected chi connectivity index (χ2v) is 4.56. The SMILES string of the molecule is CCCCN(CCC)c1cccc(C)c1C. The van der Waals surface area contributed by atoms with Crippen LogP contribution >= 0.6 is 0 Å². The van der Waals surface area contributed by atoms with Crippen LogP contribution in [-0.2, 0) is 0 Å². The summed E-state index contributed by atoms with van der Waals surface area (Å²) in [5.74, 6) is 0. The van der Waals surface area contributed by atoms with Gasteiger partial charge in [-0.1, -0.05) is 32.4 Å². The van der Waals surface area contributed by atoms with Gasteiger partial charge in [0.25, 0.3) is 0 Å². The van der Waals surface area contributed by atoms with Crippen LogP contribution in [-0.4, -0.2) is 13.1 Å². The predicted molar refractivity (Wildman–Crippen MR) is 73.3 cm³/mol. The van der Waals surface area contributed by atoms with E-state index in [0.29, 0.717) is 0 Å². The number of hydrogen-bond acceptors (Lipinski definition) is 1. The first kappa shape index (κ1) is 13.1. The van der Waals surface area contributed by atoms with Gasteiger partial charge < -0.3 is 4.90 Å². The molecule has 1 aromatic carbocycles. The van der Waals surface area contributed by atoms with Crippen LogP contribution in [0.3, 0.4) is 0 Å². The van der Waals surface area contributed by atoms with E-state index in [1.807, 2.05) is 0 Å². The van der Waals surface area contributed by atoms with Crippen molar-refractivity contribution in [3.05, 3.63) is 29.3 Å². The van der Waals surface area contributed by atoms with Crippen molar-refractivity contribution in [1.29, 1.82) is 0 Å². The van der Waals surface area contributed by atoms with Crippen molar-refractivity contribution in [2.45, 2.75) is 47.0 Å². The second-order valence-electron chi connectivity index (χ2n) is 4.56. The Morgan fingerprint density at radius 2 is 1.75 bits per heavy atom. The Balaban J connectivity index is 2.86. The van der Waals surface area contributed by atoms with Crippen molar-refractivity contribution < 1.29 is 0 Å². The van der Waals surface area contributed by atoms with Crippen molar-refractivity contribution in [3.8, 4) is 0 Å². The summed E-state index contributed by atoms with van der Waals surface area (Å²) in [7, 11) is 0. The maximum Gasteiger partial charge on any atom is 0.0398 e. The Labute approximate surface area is 100 Å². The molecule has 1 heteroatoms. The lowest BCUT2D eigenvalue weighted by molar-refractivity contribution is 0.702. The third-order valence-electron chi connectivity index (χ3n) is 3.19. The summed E-state index contributed by atoms with van der Waals surface area (Å²) in [6, 6.07) is 6.63. The van der Waals surface area contributed by atoms with Crippen LogP contribution < -0.4 is 4.90 Å². The third-order valence-corrected chi connectivity index (χ3v) is 3.19.